The second-order valence-corrected chi connectivity index (χ2v) is 5.69. The van der Waals surface area contributed by atoms with Crippen LogP contribution in [0.25, 0.3) is 11.3 Å². The third kappa shape index (κ3) is 3.74. The topological polar surface area (TPSA) is 53.3 Å². The van der Waals surface area contributed by atoms with E-state index >= 15 is 0 Å². The van der Waals surface area contributed by atoms with Crippen molar-refractivity contribution >= 4 is 40.8 Å². The Hall–Kier alpha value is -1.57. The van der Waals surface area contributed by atoms with Gasteiger partial charge in [0.2, 0.25) is 5.88 Å². The zero-order valence-electron chi connectivity index (χ0n) is 12.4. The van der Waals surface area contributed by atoms with Crippen LogP contribution in [0.4, 0.5) is 8.78 Å². The highest BCUT2D eigenvalue weighted by Gasteiger charge is 2.24. The second kappa shape index (κ2) is 7.55. The molecule has 1 heterocycles. The van der Waals surface area contributed by atoms with Crippen LogP contribution >= 0.6 is 34.8 Å². The van der Waals surface area contributed by atoms with Crippen LogP contribution in [0.15, 0.2) is 12.1 Å². The van der Waals surface area contributed by atoms with Crippen molar-refractivity contribution in [2.24, 2.45) is 7.05 Å². The summed E-state index contributed by atoms with van der Waals surface area (Å²) < 4.78 is 35.2. The zero-order chi connectivity index (χ0) is 18.0. The molecule has 0 radical (unpaired) electrons. The van der Waals surface area contributed by atoms with Crippen LogP contribution in [0.5, 0.6) is 5.88 Å². The van der Waals surface area contributed by atoms with Crippen molar-refractivity contribution in [3.8, 4) is 17.1 Å². The number of hydrogen-bond acceptors (Lipinski definition) is 4. The Kier molecular flexibility index (Phi) is 5.90. The molecular weight excluding hydrogens is 389 g/mol. The molecule has 5 nitrogen and oxygen atoms in total. The predicted octanol–water partition coefficient (Wildman–Crippen LogP) is 4.83. The van der Waals surface area contributed by atoms with Gasteiger partial charge in [-0.3, -0.25) is 0 Å². The van der Waals surface area contributed by atoms with Crippen molar-refractivity contribution in [2.75, 3.05) is 6.61 Å². The number of rotatable bonds is 5. The number of hydrogen-bond donors (Lipinski definition) is 0. The molecule has 0 N–H and O–H groups in total. The van der Waals surface area contributed by atoms with Crippen molar-refractivity contribution in [3.63, 3.8) is 0 Å². The van der Waals surface area contributed by atoms with Gasteiger partial charge in [0, 0.05) is 12.6 Å². The monoisotopic (exact) mass is 398 g/mol. The summed E-state index contributed by atoms with van der Waals surface area (Å²) in [6.45, 7) is -1.27. The van der Waals surface area contributed by atoms with E-state index in [-0.39, 0.29) is 44.4 Å². The van der Waals surface area contributed by atoms with Crippen LogP contribution in [-0.2, 0) is 11.8 Å². The molecule has 0 spiro atoms. The fourth-order valence-corrected chi connectivity index (χ4v) is 2.82. The van der Waals surface area contributed by atoms with Crippen LogP contribution in [0.2, 0.25) is 15.1 Å². The molecule has 0 atom stereocenters. The Morgan fingerprint density at radius 2 is 1.96 bits per heavy atom. The fraction of sp³-hybridized carbons (Fsp3) is 0.286. The van der Waals surface area contributed by atoms with Gasteiger partial charge in [0.25, 0.3) is 0 Å². The molecule has 1 aromatic heterocycles. The van der Waals surface area contributed by atoms with Crippen LogP contribution in [0, 0.1) is 0 Å². The molecule has 0 aliphatic heterocycles. The maximum absolute atomic E-state index is 12.5. The van der Waals surface area contributed by atoms with Gasteiger partial charge in [0.05, 0.1) is 22.2 Å². The Bertz CT molecular complexity index is 781. The number of carbonyl (C=O) groups excluding carboxylic acids is 1. The molecule has 1 aromatic carbocycles. The molecule has 0 amide bonds. The molecule has 0 fully saturated rings. The van der Waals surface area contributed by atoms with E-state index in [1.807, 2.05) is 0 Å². The van der Waals surface area contributed by atoms with Crippen molar-refractivity contribution in [1.82, 2.24) is 9.78 Å². The van der Waals surface area contributed by atoms with Gasteiger partial charge in [0.15, 0.2) is 0 Å². The van der Waals surface area contributed by atoms with Gasteiger partial charge in [-0.1, -0.05) is 34.8 Å². The third-order valence-corrected chi connectivity index (χ3v) is 3.91. The predicted molar refractivity (Wildman–Crippen MR) is 86.3 cm³/mol. The van der Waals surface area contributed by atoms with Gasteiger partial charge in [-0.15, -0.1) is 0 Å². The number of benzene rings is 1. The highest BCUT2D eigenvalue weighted by Crippen LogP contribution is 2.40. The molecule has 0 unspecified atom stereocenters. The molecule has 24 heavy (non-hydrogen) atoms. The number of esters is 1. The maximum Gasteiger partial charge on any atom is 0.388 e. The lowest BCUT2D eigenvalue weighted by Crippen LogP contribution is -2.06. The molecule has 0 aliphatic rings. The largest absolute Gasteiger partial charge is 0.462 e. The summed E-state index contributed by atoms with van der Waals surface area (Å²) in [5.74, 6) is -0.984. The Labute approximate surface area is 151 Å². The van der Waals surface area contributed by atoms with Crippen molar-refractivity contribution in [2.45, 2.75) is 13.5 Å². The van der Waals surface area contributed by atoms with Crippen LogP contribution in [-0.4, -0.2) is 29.0 Å². The highest BCUT2D eigenvalue weighted by atomic mass is 35.5. The molecule has 10 heteroatoms. The SMILES string of the molecule is CCOC(=O)c1cc(-c2nn(C)c(OC(F)F)c2Cl)c(Cl)cc1Cl. The summed E-state index contributed by atoms with van der Waals surface area (Å²) in [6, 6.07) is 2.66. The molecule has 0 saturated carbocycles. The lowest BCUT2D eigenvalue weighted by Gasteiger charge is -2.08. The molecule has 0 aliphatic carbocycles. The van der Waals surface area contributed by atoms with Gasteiger partial charge in [0.1, 0.15) is 10.7 Å². The minimum absolute atomic E-state index is 0.0518. The minimum atomic E-state index is -3.07. The standard InChI is InChI=1S/C14H11Cl3F2N2O3/c1-3-23-13(22)7-4-6(8(15)5-9(7)16)11-10(17)12(21(2)20-11)24-14(18)19/h4-5,14H,3H2,1-2H3. The quantitative estimate of drug-likeness (QED) is 0.676. The molecular formula is C14H11Cl3F2N2O3. The summed E-state index contributed by atoms with van der Waals surface area (Å²) in [6.07, 6.45) is 0. The van der Waals surface area contributed by atoms with Crippen LogP contribution in [0.3, 0.4) is 0 Å². The fourth-order valence-electron chi connectivity index (χ4n) is 1.96. The van der Waals surface area contributed by atoms with Crippen LogP contribution in [0.1, 0.15) is 17.3 Å². The van der Waals surface area contributed by atoms with E-state index in [4.69, 9.17) is 39.5 Å². The first-order valence-corrected chi connectivity index (χ1v) is 7.73. The van der Waals surface area contributed by atoms with E-state index in [0.717, 1.165) is 4.68 Å². The van der Waals surface area contributed by atoms with Crippen molar-refractivity contribution in [3.05, 3.63) is 32.8 Å². The normalized spacial score (nSPS) is 11.0. The summed E-state index contributed by atoms with van der Waals surface area (Å²) in [5, 5.41) is 4.07. The molecule has 0 bridgehead atoms. The van der Waals surface area contributed by atoms with Gasteiger partial charge in [-0.25, -0.2) is 9.48 Å². The lowest BCUT2D eigenvalue weighted by atomic mass is 10.1. The number of halogens is 5. The Morgan fingerprint density at radius 1 is 1.29 bits per heavy atom. The van der Waals surface area contributed by atoms with Crippen molar-refractivity contribution < 1.29 is 23.0 Å². The Balaban J connectivity index is 2.57. The number of aromatic nitrogens is 2. The number of nitrogens with zero attached hydrogens (tertiary/aromatic N) is 2. The van der Waals surface area contributed by atoms with E-state index in [0.29, 0.717) is 0 Å². The number of carbonyl (C=O) groups is 1. The number of ether oxygens (including phenoxy) is 2. The summed E-state index contributed by atoms with van der Waals surface area (Å²) in [4.78, 5) is 11.9. The first-order valence-electron chi connectivity index (χ1n) is 6.60. The van der Waals surface area contributed by atoms with Gasteiger partial charge < -0.3 is 9.47 Å². The van der Waals surface area contributed by atoms with E-state index < -0.39 is 12.6 Å². The van der Waals surface area contributed by atoms with E-state index in [9.17, 15) is 13.6 Å². The summed E-state index contributed by atoms with van der Waals surface area (Å²) in [7, 11) is 1.38. The Morgan fingerprint density at radius 3 is 2.54 bits per heavy atom. The molecule has 0 saturated heterocycles. The third-order valence-electron chi connectivity index (χ3n) is 2.95. The highest BCUT2D eigenvalue weighted by molar-refractivity contribution is 6.39. The molecule has 2 rings (SSSR count). The maximum atomic E-state index is 12.5. The summed E-state index contributed by atoms with van der Waals surface area (Å²) >= 11 is 18.2. The number of alkyl halides is 2. The summed E-state index contributed by atoms with van der Waals surface area (Å²) in [5.41, 5.74) is 0.354. The van der Waals surface area contributed by atoms with E-state index in [2.05, 4.69) is 9.84 Å². The first-order chi connectivity index (χ1) is 11.3. The minimum Gasteiger partial charge on any atom is -0.462 e. The molecule has 2 aromatic rings. The average molecular weight is 400 g/mol. The lowest BCUT2D eigenvalue weighted by molar-refractivity contribution is -0.0552. The smallest absolute Gasteiger partial charge is 0.388 e. The average Bonchev–Trinajstić information content (AvgIpc) is 2.75. The van der Waals surface area contributed by atoms with E-state index in [1.165, 1.54) is 19.2 Å². The second-order valence-electron chi connectivity index (χ2n) is 4.50. The van der Waals surface area contributed by atoms with Crippen LogP contribution < -0.4 is 4.74 Å². The van der Waals surface area contributed by atoms with Gasteiger partial charge in [-0.05, 0) is 19.1 Å². The number of aryl methyl sites for hydroxylation is 1. The van der Waals surface area contributed by atoms with Gasteiger partial charge in [-0.2, -0.15) is 13.9 Å². The van der Waals surface area contributed by atoms with Gasteiger partial charge >= 0.3 is 12.6 Å². The first kappa shape index (κ1) is 18.8. The van der Waals surface area contributed by atoms with E-state index in [1.54, 1.807) is 6.92 Å². The van der Waals surface area contributed by atoms with Crippen molar-refractivity contribution in [1.29, 1.82) is 0 Å². The zero-order valence-corrected chi connectivity index (χ0v) is 14.7. The molecule has 130 valence electrons.